The van der Waals surface area contributed by atoms with Crippen molar-refractivity contribution in [3.63, 3.8) is 0 Å². The normalized spacial score (nSPS) is 16.2. The first-order valence-electron chi connectivity index (χ1n) is 3.79. The van der Waals surface area contributed by atoms with E-state index in [-0.39, 0.29) is 12.5 Å². The van der Waals surface area contributed by atoms with E-state index in [1.807, 2.05) is 0 Å². The van der Waals surface area contributed by atoms with Crippen LogP contribution < -0.4 is 0 Å². The maximum atomic E-state index is 13.3. The lowest BCUT2D eigenvalue weighted by Gasteiger charge is -2.21. The van der Waals surface area contributed by atoms with Gasteiger partial charge in [0.1, 0.15) is 0 Å². The molecule has 0 aromatic heterocycles. The van der Waals surface area contributed by atoms with E-state index in [4.69, 9.17) is 0 Å². The smallest absolute Gasteiger partial charge is 0.343 e. The van der Waals surface area contributed by atoms with Crippen molar-refractivity contribution < 1.29 is 13.9 Å². The van der Waals surface area contributed by atoms with Gasteiger partial charge in [0.25, 0.3) is 0 Å². The molecule has 0 N–H and O–H groups in total. The first kappa shape index (κ1) is 10.4. The van der Waals surface area contributed by atoms with E-state index in [0.717, 1.165) is 0 Å². The SMILES string of the molecule is CCOC(=O)C(C)(F)C(C)C. The van der Waals surface area contributed by atoms with Gasteiger partial charge in [0.2, 0.25) is 5.67 Å². The maximum absolute atomic E-state index is 13.3. The van der Waals surface area contributed by atoms with Crippen LogP contribution in [0.3, 0.4) is 0 Å². The molecule has 0 radical (unpaired) electrons. The molecule has 0 aliphatic heterocycles. The molecule has 0 aromatic carbocycles. The Morgan fingerprint density at radius 2 is 2.09 bits per heavy atom. The van der Waals surface area contributed by atoms with E-state index in [2.05, 4.69) is 4.74 Å². The monoisotopic (exact) mass is 162 g/mol. The zero-order valence-corrected chi connectivity index (χ0v) is 7.48. The van der Waals surface area contributed by atoms with Crippen LogP contribution in [-0.2, 0) is 9.53 Å². The van der Waals surface area contributed by atoms with E-state index in [1.165, 1.54) is 6.92 Å². The third-order valence-electron chi connectivity index (χ3n) is 1.76. The summed E-state index contributed by atoms with van der Waals surface area (Å²) < 4.78 is 17.9. The van der Waals surface area contributed by atoms with Gasteiger partial charge >= 0.3 is 5.97 Å². The highest BCUT2D eigenvalue weighted by Crippen LogP contribution is 2.22. The fourth-order valence-corrected chi connectivity index (χ4v) is 0.508. The van der Waals surface area contributed by atoms with Crippen molar-refractivity contribution in [3.8, 4) is 0 Å². The molecule has 11 heavy (non-hydrogen) atoms. The molecular weight excluding hydrogens is 147 g/mol. The standard InChI is InChI=1S/C8H15FO2/c1-5-11-7(10)8(4,9)6(2)3/h6H,5H2,1-4H3. The number of rotatable bonds is 3. The fraction of sp³-hybridized carbons (Fsp3) is 0.875. The van der Waals surface area contributed by atoms with Gasteiger partial charge in [-0.2, -0.15) is 0 Å². The van der Waals surface area contributed by atoms with Crippen molar-refractivity contribution in [2.24, 2.45) is 5.92 Å². The number of carbonyl (C=O) groups is 1. The Bertz CT molecular complexity index is 141. The topological polar surface area (TPSA) is 26.3 Å². The molecule has 0 aliphatic carbocycles. The Labute approximate surface area is 66.7 Å². The van der Waals surface area contributed by atoms with E-state index in [1.54, 1.807) is 20.8 Å². The predicted molar refractivity (Wildman–Crippen MR) is 41.0 cm³/mol. The maximum Gasteiger partial charge on any atom is 0.343 e. The summed E-state index contributed by atoms with van der Waals surface area (Å²) in [6, 6.07) is 0. The lowest BCUT2D eigenvalue weighted by Crippen LogP contribution is -2.37. The Morgan fingerprint density at radius 3 is 2.36 bits per heavy atom. The van der Waals surface area contributed by atoms with Crippen LogP contribution in [0.15, 0.2) is 0 Å². The summed E-state index contributed by atoms with van der Waals surface area (Å²) in [6.07, 6.45) is 0. The molecule has 1 atom stereocenters. The van der Waals surface area contributed by atoms with Gasteiger partial charge in [-0.3, -0.25) is 0 Å². The van der Waals surface area contributed by atoms with Gasteiger partial charge in [-0.25, -0.2) is 9.18 Å². The molecule has 0 amide bonds. The van der Waals surface area contributed by atoms with Gasteiger partial charge in [0, 0.05) is 0 Å². The van der Waals surface area contributed by atoms with Crippen LogP contribution in [0.2, 0.25) is 0 Å². The van der Waals surface area contributed by atoms with E-state index >= 15 is 0 Å². The van der Waals surface area contributed by atoms with Crippen molar-refractivity contribution >= 4 is 5.97 Å². The van der Waals surface area contributed by atoms with Gasteiger partial charge in [0.15, 0.2) is 0 Å². The Balaban J connectivity index is 4.18. The number of ether oxygens (including phenoxy) is 1. The molecule has 0 fully saturated rings. The predicted octanol–water partition coefficient (Wildman–Crippen LogP) is 1.93. The van der Waals surface area contributed by atoms with Crippen LogP contribution in [-0.4, -0.2) is 18.2 Å². The van der Waals surface area contributed by atoms with Crippen LogP contribution >= 0.6 is 0 Å². The number of esters is 1. The molecule has 3 heteroatoms. The van der Waals surface area contributed by atoms with E-state index < -0.39 is 11.6 Å². The third kappa shape index (κ3) is 2.48. The minimum absolute atomic E-state index is 0.227. The molecule has 0 bridgehead atoms. The Hall–Kier alpha value is -0.600. The molecule has 66 valence electrons. The van der Waals surface area contributed by atoms with Crippen molar-refractivity contribution in [1.29, 1.82) is 0 Å². The number of halogens is 1. The number of hydrogen-bond donors (Lipinski definition) is 0. The van der Waals surface area contributed by atoms with Gasteiger partial charge in [-0.1, -0.05) is 13.8 Å². The fourth-order valence-electron chi connectivity index (χ4n) is 0.508. The summed E-state index contributed by atoms with van der Waals surface area (Å²) in [7, 11) is 0. The van der Waals surface area contributed by atoms with Crippen molar-refractivity contribution in [2.75, 3.05) is 6.61 Å². The minimum atomic E-state index is -1.85. The molecule has 0 aromatic rings. The van der Waals surface area contributed by atoms with Crippen LogP contribution in [0.1, 0.15) is 27.7 Å². The summed E-state index contributed by atoms with van der Waals surface area (Å²) in [5.74, 6) is -1.11. The second-order valence-electron chi connectivity index (χ2n) is 2.95. The van der Waals surface area contributed by atoms with Crippen LogP contribution in [0, 0.1) is 5.92 Å². The lowest BCUT2D eigenvalue weighted by atomic mass is 9.95. The highest BCUT2D eigenvalue weighted by atomic mass is 19.1. The number of carbonyl (C=O) groups excluding carboxylic acids is 1. The van der Waals surface area contributed by atoms with Gasteiger partial charge in [-0.05, 0) is 19.8 Å². The van der Waals surface area contributed by atoms with Gasteiger partial charge in [-0.15, -0.1) is 0 Å². The first-order chi connectivity index (χ1) is 4.92. The van der Waals surface area contributed by atoms with Crippen molar-refractivity contribution in [2.45, 2.75) is 33.4 Å². The lowest BCUT2D eigenvalue weighted by molar-refractivity contribution is -0.159. The Kier molecular flexibility index (Phi) is 3.49. The van der Waals surface area contributed by atoms with Crippen molar-refractivity contribution in [1.82, 2.24) is 0 Å². The average Bonchev–Trinajstić information content (AvgIpc) is 1.88. The van der Waals surface area contributed by atoms with Gasteiger partial charge < -0.3 is 4.74 Å². The quantitative estimate of drug-likeness (QED) is 0.593. The highest BCUT2D eigenvalue weighted by Gasteiger charge is 2.37. The van der Waals surface area contributed by atoms with Gasteiger partial charge in [0.05, 0.1) is 6.61 Å². The number of hydrogen-bond acceptors (Lipinski definition) is 2. The van der Waals surface area contributed by atoms with Crippen LogP contribution in [0.25, 0.3) is 0 Å². The summed E-state index contributed by atoms with van der Waals surface area (Å²) in [4.78, 5) is 10.9. The average molecular weight is 162 g/mol. The van der Waals surface area contributed by atoms with E-state index in [0.29, 0.717) is 0 Å². The molecule has 2 nitrogen and oxygen atoms in total. The Morgan fingerprint density at radius 1 is 1.64 bits per heavy atom. The first-order valence-corrected chi connectivity index (χ1v) is 3.79. The summed E-state index contributed by atoms with van der Waals surface area (Å²) in [5.41, 5.74) is -1.85. The molecular formula is C8H15FO2. The third-order valence-corrected chi connectivity index (χ3v) is 1.76. The largest absolute Gasteiger partial charge is 0.464 e. The molecule has 0 heterocycles. The molecule has 1 unspecified atom stereocenters. The molecule has 0 saturated heterocycles. The van der Waals surface area contributed by atoms with Crippen LogP contribution in [0.5, 0.6) is 0 Å². The highest BCUT2D eigenvalue weighted by molar-refractivity contribution is 5.79. The molecule has 0 aliphatic rings. The summed E-state index contributed by atoms with van der Waals surface area (Å²) in [6.45, 7) is 6.43. The minimum Gasteiger partial charge on any atom is -0.464 e. The number of alkyl halides is 1. The summed E-state index contributed by atoms with van der Waals surface area (Å²) in [5, 5.41) is 0. The molecule has 0 saturated carbocycles. The zero-order valence-electron chi connectivity index (χ0n) is 7.48. The second-order valence-corrected chi connectivity index (χ2v) is 2.95. The van der Waals surface area contributed by atoms with Crippen molar-refractivity contribution in [3.05, 3.63) is 0 Å². The zero-order chi connectivity index (χ0) is 9.07. The van der Waals surface area contributed by atoms with E-state index in [9.17, 15) is 9.18 Å². The molecule has 0 spiro atoms. The second kappa shape index (κ2) is 3.69. The van der Waals surface area contributed by atoms with Crippen LogP contribution in [0.4, 0.5) is 4.39 Å². The summed E-state index contributed by atoms with van der Waals surface area (Å²) >= 11 is 0. The molecule has 0 rings (SSSR count).